The topological polar surface area (TPSA) is 113 Å². The van der Waals surface area contributed by atoms with Crippen molar-refractivity contribution in [2.24, 2.45) is 5.73 Å². The summed E-state index contributed by atoms with van der Waals surface area (Å²) in [6, 6.07) is -0.657. The molecule has 1 heterocycles. The van der Waals surface area contributed by atoms with Crippen LogP contribution >= 0.6 is 0 Å². The molecule has 7 nitrogen and oxygen atoms in total. The second-order valence-electron chi connectivity index (χ2n) is 3.78. The third-order valence-corrected chi connectivity index (χ3v) is 2.61. The van der Waals surface area contributed by atoms with Gasteiger partial charge in [-0.1, -0.05) is 6.92 Å². The Hall–Kier alpha value is -2.05. The summed E-state index contributed by atoms with van der Waals surface area (Å²) < 4.78 is 6.32. The second kappa shape index (κ2) is 5.52. The number of nitrogens with zero attached hydrogens (tertiary/aromatic N) is 2. The number of aromatic nitrogens is 2. The van der Waals surface area contributed by atoms with E-state index < -0.39 is 17.9 Å². The van der Waals surface area contributed by atoms with Gasteiger partial charge in [0.2, 0.25) is 5.91 Å². The Morgan fingerprint density at radius 3 is 2.50 bits per heavy atom. The highest BCUT2D eigenvalue weighted by atomic mass is 16.5. The highest BCUT2D eigenvalue weighted by molar-refractivity contribution is 5.93. The smallest absolute Gasteiger partial charge is 0.360 e. The average molecular weight is 254 g/mol. The maximum Gasteiger partial charge on any atom is 0.360 e. The second-order valence-corrected chi connectivity index (χ2v) is 3.78. The number of hydrogen-bond acceptors (Lipinski definition) is 5. The largest absolute Gasteiger partial charge is 0.461 e. The molecule has 0 aliphatic carbocycles. The predicted octanol–water partition coefficient (Wildman–Crippen LogP) is 0.251. The highest BCUT2D eigenvalue weighted by Crippen LogP contribution is 2.21. The molecule has 1 unspecified atom stereocenters. The summed E-state index contributed by atoms with van der Waals surface area (Å²) in [6.45, 7) is 5.38. The zero-order valence-corrected chi connectivity index (χ0v) is 10.8. The number of hydrogen-bond donors (Lipinski definition) is 2. The lowest BCUT2D eigenvalue weighted by Gasteiger charge is -2.14. The van der Waals surface area contributed by atoms with E-state index in [9.17, 15) is 9.59 Å². The van der Waals surface area contributed by atoms with Gasteiger partial charge >= 0.3 is 5.97 Å². The molecule has 4 N–H and O–H groups in total. The molecule has 0 saturated carbocycles. The Kier molecular flexibility index (Phi) is 4.30. The van der Waals surface area contributed by atoms with E-state index in [-0.39, 0.29) is 18.1 Å². The third-order valence-electron chi connectivity index (χ3n) is 2.61. The maximum absolute atomic E-state index is 11.6. The number of carbonyl (C=O) groups is 2. The molecule has 1 atom stereocenters. The normalized spacial score (nSPS) is 12.2. The number of ether oxygens (including phenoxy) is 1. The van der Waals surface area contributed by atoms with Crippen molar-refractivity contribution in [1.29, 1.82) is 0 Å². The monoisotopic (exact) mass is 254 g/mol. The number of amides is 1. The van der Waals surface area contributed by atoms with Crippen molar-refractivity contribution in [3.63, 3.8) is 0 Å². The van der Waals surface area contributed by atoms with Gasteiger partial charge in [0.1, 0.15) is 17.7 Å². The van der Waals surface area contributed by atoms with Crippen LogP contribution in [-0.4, -0.2) is 28.0 Å². The molecule has 0 bridgehead atoms. The summed E-state index contributed by atoms with van der Waals surface area (Å²) >= 11 is 0. The average Bonchev–Trinajstić information content (AvgIpc) is 2.65. The van der Waals surface area contributed by atoms with Crippen LogP contribution in [0, 0.1) is 0 Å². The summed E-state index contributed by atoms with van der Waals surface area (Å²) in [7, 11) is 0. The van der Waals surface area contributed by atoms with E-state index in [4.69, 9.17) is 16.2 Å². The van der Waals surface area contributed by atoms with Crippen molar-refractivity contribution in [1.82, 2.24) is 9.55 Å². The Morgan fingerprint density at radius 2 is 2.06 bits per heavy atom. The van der Waals surface area contributed by atoms with Crippen LogP contribution in [0.1, 0.15) is 43.1 Å². The molecule has 1 aromatic rings. The lowest BCUT2D eigenvalue weighted by molar-refractivity contribution is -0.120. The lowest BCUT2D eigenvalue weighted by atomic mass is 10.3. The first-order valence-electron chi connectivity index (χ1n) is 5.76. The molecule has 0 saturated heterocycles. The molecule has 18 heavy (non-hydrogen) atoms. The molecular formula is C11H18N4O3. The maximum atomic E-state index is 11.6. The predicted molar refractivity (Wildman–Crippen MR) is 65.9 cm³/mol. The standard InChI is InChI=1S/C11H18N4O3/c1-4-7-14-8(11(17)18-5-2)9(12)15(7)6(3)10(13)16/h6H,4-5,12H2,1-3H3,(H2,13,16). The van der Waals surface area contributed by atoms with Crippen molar-refractivity contribution in [2.75, 3.05) is 12.3 Å². The lowest BCUT2D eigenvalue weighted by Crippen LogP contribution is -2.26. The Morgan fingerprint density at radius 1 is 1.44 bits per heavy atom. The first-order chi connectivity index (χ1) is 8.43. The molecule has 7 heteroatoms. The van der Waals surface area contributed by atoms with Crippen molar-refractivity contribution in [3.8, 4) is 0 Å². The van der Waals surface area contributed by atoms with Crippen LogP contribution in [0.2, 0.25) is 0 Å². The van der Waals surface area contributed by atoms with E-state index in [0.29, 0.717) is 12.2 Å². The zero-order valence-electron chi connectivity index (χ0n) is 10.8. The molecule has 0 fully saturated rings. The van der Waals surface area contributed by atoms with Crippen LogP contribution in [-0.2, 0) is 16.0 Å². The highest BCUT2D eigenvalue weighted by Gasteiger charge is 2.25. The minimum atomic E-state index is -0.657. The quantitative estimate of drug-likeness (QED) is 0.731. The number of esters is 1. The first-order valence-corrected chi connectivity index (χ1v) is 5.76. The fourth-order valence-electron chi connectivity index (χ4n) is 1.65. The number of anilines is 1. The summed E-state index contributed by atoms with van der Waals surface area (Å²) in [6.07, 6.45) is 0.529. The third kappa shape index (κ3) is 2.44. The van der Waals surface area contributed by atoms with E-state index in [1.54, 1.807) is 13.8 Å². The zero-order chi connectivity index (χ0) is 13.9. The van der Waals surface area contributed by atoms with Crippen molar-refractivity contribution in [2.45, 2.75) is 33.2 Å². The van der Waals surface area contributed by atoms with Crippen LogP contribution in [0.4, 0.5) is 5.82 Å². The number of aryl methyl sites for hydroxylation is 1. The molecule has 0 aromatic carbocycles. The summed E-state index contributed by atoms with van der Waals surface area (Å²) in [5, 5.41) is 0. The van der Waals surface area contributed by atoms with E-state index >= 15 is 0 Å². The molecule has 0 spiro atoms. The van der Waals surface area contributed by atoms with Crippen molar-refractivity contribution >= 4 is 17.7 Å². The fourth-order valence-corrected chi connectivity index (χ4v) is 1.65. The number of rotatable bonds is 5. The molecule has 100 valence electrons. The number of imidazole rings is 1. The van der Waals surface area contributed by atoms with Crippen LogP contribution < -0.4 is 11.5 Å². The minimum absolute atomic E-state index is 0.0294. The van der Waals surface area contributed by atoms with Gasteiger partial charge in [-0.15, -0.1) is 0 Å². The molecule has 1 amide bonds. The summed E-state index contributed by atoms with van der Waals surface area (Å²) in [5.41, 5.74) is 11.1. The van der Waals surface area contributed by atoms with E-state index in [0.717, 1.165) is 0 Å². The van der Waals surface area contributed by atoms with Crippen LogP contribution in [0.15, 0.2) is 0 Å². The Balaban J connectivity index is 3.26. The van der Waals surface area contributed by atoms with Crippen LogP contribution in [0.5, 0.6) is 0 Å². The van der Waals surface area contributed by atoms with Gasteiger partial charge in [0.05, 0.1) is 6.61 Å². The SMILES string of the molecule is CCOC(=O)c1nc(CC)n(C(C)C(N)=O)c1N. The number of nitrogen functional groups attached to an aromatic ring is 1. The molecule has 0 aliphatic heterocycles. The van der Waals surface area contributed by atoms with E-state index in [2.05, 4.69) is 4.98 Å². The van der Waals surface area contributed by atoms with Gasteiger partial charge in [-0.25, -0.2) is 9.78 Å². The van der Waals surface area contributed by atoms with Crippen LogP contribution in [0.25, 0.3) is 0 Å². The summed E-state index contributed by atoms with van der Waals surface area (Å²) in [4.78, 5) is 27.0. The van der Waals surface area contributed by atoms with Crippen molar-refractivity contribution < 1.29 is 14.3 Å². The number of nitrogens with two attached hydrogens (primary N) is 2. The summed E-state index contributed by atoms with van der Waals surface area (Å²) in [5.74, 6) is -0.497. The van der Waals surface area contributed by atoms with Crippen LogP contribution in [0.3, 0.4) is 0 Å². The molecule has 0 radical (unpaired) electrons. The van der Waals surface area contributed by atoms with Gasteiger partial charge < -0.3 is 20.8 Å². The Labute approximate surface area is 105 Å². The molecule has 0 aliphatic rings. The first kappa shape index (κ1) is 14.0. The van der Waals surface area contributed by atoms with Gasteiger partial charge in [0, 0.05) is 6.42 Å². The Bertz CT molecular complexity index is 467. The van der Waals surface area contributed by atoms with Gasteiger partial charge in [0.25, 0.3) is 0 Å². The number of primary amides is 1. The van der Waals surface area contributed by atoms with Gasteiger partial charge in [-0.2, -0.15) is 0 Å². The van der Waals surface area contributed by atoms with Gasteiger partial charge in [0.15, 0.2) is 5.69 Å². The van der Waals surface area contributed by atoms with Crippen molar-refractivity contribution in [3.05, 3.63) is 11.5 Å². The molecule has 1 aromatic heterocycles. The fraction of sp³-hybridized carbons (Fsp3) is 0.545. The van der Waals surface area contributed by atoms with Gasteiger partial charge in [-0.3, -0.25) is 4.79 Å². The van der Waals surface area contributed by atoms with Gasteiger partial charge in [-0.05, 0) is 13.8 Å². The number of carbonyl (C=O) groups excluding carboxylic acids is 2. The minimum Gasteiger partial charge on any atom is -0.461 e. The molecule has 1 rings (SSSR count). The molecular weight excluding hydrogens is 236 g/mol. The van der Waals surface area contributed by atoms with E-state index in [1.165, 1.54) is 4.57 Å². The van der Waals surface area contributed by atoms with E-state index in [1.807, 2.05) is 6.92 Å².